The van der Waals surface area contributed by atoms with Gasteiger partial charge in [0.15, 0.2) is 0 Å². The summed E-state index contributed by atoms with van der Waals surface area (Å²) >= 11 is 0. The second-order valence-corrected chi connectivity index (χ2v) is 3.72. The van der Waals surface area contributed by atoms with Crippen molar-refractivity contribution in [3.05, 3.63) is 35.4 Å². The van der Waals surface area contributed by atoms with Crippen LogP contribution in [0.15, 0.2) is 24.3 Å². The van der Waals surface area contributed by atoms with Crippen LogP contribution in [0.2, 0.25) is 0 Å². The van der Waals surface area contributed by atoms with E-state index in [1.165, 1.54) is 7.11 Å². The smallest absolute Gasteiger partial charge is 0.338 e. The second-order valence-electron chi connectivity index (χ2n) is 3.72. The molecule has 2 rings (SSSR count). The summed E-state index contributed by atoms with van der Waals surface area (Å²) in [5, 5.41) is 0. The van der Waals surface area contributed by atoms with Crippen molar-refractivity contribution in [3.63, 3.8) is 0 Å². The van der Waals surface area contributed by atoms with E-state index in [-0.39, 0.29) is 17.8 Å². The minimum atomic E-state index is -0.331. The van der Waals surface area contributed by atoms with Crippen LogP contribution in [0.5, 0.6) is 0 Å². The van der Waals surface area contributed by atoms with Crippen molar-refractivity contribution in [2.45, 2.75) is 12.3 Å². The lowest BCUT2D eigenvalue weighted by molar-refractivity contribution is -0.108. The van der Waals surface area contributed by atoms with Gasteiger partial charge in [0.05, 0.1) is 12.7 Å². The third-order valence-electron chi connectivity index (χ3n) is 2.78. The van der Waals surface area contributed by atoms with Crippen LogP contribution in [-0.2, 0) is 9.53 Å². The molecule has 0 unspecified atom stereocenters. The molecule has 0 saturated heterocycles. The van der Waals surface area contributed by atoms with Gasteiger partial charge in [-0.25, -0.2) is 4.79 Å². The third-order valence-corrected chi connectivity index (χ3v) is 2.78. The average Bonchev–Trinajstić information content (AvgIpc) is 3.07. The third kappa shape index (κ3) is 1.77. The zero-order valence-electron chi connectivity index (χ0n) is 8.47. The van der Waals surface area contributed by atoms with Gasteiger partial charge in [-0.15, -0.1) is 0 Å². The van der Waals surface area contributed by atoms with E-state index < -0.39 is 0 Å². The van der Waals surface area contributed by atoms with Gasteiger partial charge in [-0.05, 0) is 24.0 Å². The van der Waals surface area contributed by atoms with Gasteiger partial charge in [-0.3, -0.25) is 0 Å². The monoisotopic (exact) mass is 204 g/mol. The summed E-state index contributed by atoms with van der Waals surface area (Å²) in [6, 6.07) is 7.30. The number of hydrogen-bond acceptors (Lipinski definition) is 3. The van der Waals surface area contributed by atoms with Crippen LogP contribution in [0.1, 0.15) is 28.3 Å². The highest BCUT2D eigenvalue weighted by Gasteiger charge is 2.40. The number of ether oxygens (including phenoxy) is 1. The molecule has 0 heterocycles. The lowest BCUT2D eigenvalue weighted by Crippen LogP contribution is -2.05. The van der Waals surface area contributed by atoms with Crippen molar-refractivity contribution in [3.8, 4) is 0 Å². The highest BCUT2D eigenvalue weighted by atomic mass is 16.5. The molecule has 0 bridgehead atoms. The molecule has 1 aromatic rings. The number of hydrogen-bond donors (Lipinski definition) is 0. The van der Waals surface area contributed by atoms with Crippen LogP contribution in [0, 0.1) is 5.92 Å². The zero-order chi connectivity index (χ0) is 10.8. The van der Waals surface area contributed by atoms with Crippen LogP contribution in [0.4, 0.5) is 0 Å². The molecule has 3 heteroatoms. The Kier molecular flexibility index (Phi) is 2.54. The summed E-state index contributed by atoms with van der Waals surface area (Å²) in [6.45, 7) is 0. The van der Waals surface area contributed by atoms with E-state index in [1.807, 2.05) is 12.1 Å². The van der Waals surface area contributed by atoms with Crippen molar-refractivity contribution in [1.82, 2.24) is 0 Å². The maximum Gasteiger partial charge on any atom is 0.338 e. The molecule has 15 heavy (non-hydrogen) atoms. The molecule has 1 aliphatic rings. The molecule has 1 aliphatic carbocycles. The van der Waals surface area contributed by atoms with Gasteiger partial charge < -0.3 is 9.53 Å². The van der Waals surface area contributed by atoms with E-state index in [9.17, 15) is 9.59 Å². The molecule has 3 nitrogen and oxygen atoms in total. The number of aldehydes is 1. The van der Waals surface area contributed by atoms with Crippen LogP contribution in [0.25, 0.3) is 0 Å². The van der Waals surface area contributed by atoms with Gasteiger partial charge in [0.1, 0.15) is 6.29 Å². The standard InChI is InChI=1S/C12H12O3/c1-15-12(14)10-5-3-2-4-9(10)11-6-8(11)7-13/h2-5,7-8,11H,6H2,1H3/t8-,11+/m0/s1. The largest absolute Gasteiger partial charge is 0.465 e. The molecule has 2 atom stereocenters. The van der Waals surface area contributed by atoms with E-state index in [4.69, 9.17) is 4.74 Å². The Hall–Kier alpha value is -1.64. The van der Waals surface area contributed by atoms with E-state index in [0.717, 1.165) is 18.3 Å². The Bertz CT molecular complexity index is 398. The van der Waals surface area contributed by atoms with Gasteiger partial charge in [0.25, 0.3) is 0 Å². The van der Waals surface area contributed by atoms with Crippen LogP contribution < -0.4 is 0 Å². The van der Waals surface area contributed by atoms with E-state index in [0.29, 0.717) is 5.56 Å². The first-order valence-corrected chi connectivity index (χ1v) is 4.90. The van der Waals surface area contributed by atoms with Crippen LogP contribution >= 0.6 is 0 Å². The lowest BCUT2D eigenvalue weighted by atomic mass is 10.0. The van der Waals surface area contributed by atoms with Crippen molar-refractivity contribution >= 4 is 12.3 Å². The Morgan fingerprint density at radius 3 is 2.80 bits per heavy atom. The van der Waals surface area contributed by atoms with Gasteiger partial charge in [-0.1, -0.05) is 18.2 Å². The number of carbonyl (C=O) groups is 2. The highest BCUT2D eigenvalue weighted by Crippen LogP contribution is 2.47. The van der Waals surface area contributed by atoms with Crippen LogP contribution in [-0.4, -0.2) is 19.4 Å². The molecular formula is C12H12O3. The Morgan fingerprint density at radius 2 is 2.20 bits per heavy atom. The fraction of sp³-hybridized carbons (Fsp3) is 0.333. The first kappa shape index (κ1) is 9.90. The number of rotatable bonds is 3. The minimum Gasteiger partial charge on any atom is -0.465 e. The van der Waals surface area contributed by atoms with Crippen molar-refractivity contribution in [2.24, 2.45) is 5.92 Å². The number of esters is 1. The quantitative estimate of drug-likeness (QED) is 0.556. The van der Waals surface area contributed by atoms with E-state index in [2.05, 4.69) is 0 Å². The van der Waals surface area contributed by atoms with Gasteiger partial charge in [-0.2, -0.15) is 0 Å². The molecule has 1 aromatic carbocycles. The number of methoxy groups -OCH3 is 1. The fourth-order valence-corrected chi connectivity index (χ4v) is 1.84. The molecule has 1 fully saturated rings. The minimum absolute atomic E-state index is 0.0795. The first-order valence-electron chi connectivity index (χ1n) is 4.90. The van der Waals surface area contributed by atoms with Gasteiger partial charge in [0, 0.05) is 5.92 Å². The molecular weight excluding hydrogens is 192 g/mol. The molecule has 1 saturated carbocycles. The summed E-state index contributed by atoms with van der Waals surface area (Å²) in [5.41, 5.74) is 1.51. The molecule has 0 amide bonds. The maximum absolute atomic E-state index is 11.5. The molecule has 0 spiro atoms. The van der Waals surface area contributed by atoms with E-state index in [1.54, 1.807) is 12.1 Å². The fourth-order valence-electron chi connectivity index (χ4n) is 1.84. The Labute approximate surface area is 88.1 Å². The highest BCUT2D eigenvalue weighted by molar-refractivity contribution is 5.91. The summed E-state index contributed by atoms with van der Waals surface area (Å²) < 4.78 is 4.70. The Morgan fingerprint density at radius 1 is 1.47 bits per heavy atom. The SMILES string of the molecule is COC(=O)c1ccccc1[C@@H]1C[C@H]1C=O. The first-order chi connectivity index (χ1) is 7.27. The Balaban J connectivity index is 2.31. The predicted molar refractivity (Wildman–Crippen MR) is 54.7 cm³/mol. The zero-order valence-corrected chi connectivity index (χ0v) is 8.47. The topological polar surface area (TPSA) is 43.4 Å². The summed E-state index contributed by atoms with van der Waals surface area (Å²) in [5.74, 6) is -0.0456. The number of carbonyl (C=O) groups excluding carboxylic acids is 2. The van der Waals surface area contributed by atoms with Crippen molar-refractivity contribution < 1.29 is 14.3 Å². The van der Waals surface area contributed by atoms with Crippen molar-refractivity contribution in [2.75, 3.05) is 7.11 Å². The number of benzene rings is 1. The molecule has 0 aromatic heterocycles. The average molecular weight is 204 g/mol. The van der Waals surface area contributed by atoms with Crippen LogP contribution in [0.3, 0.4) is 0 Å². The molecule has 0 N–H and O–H groups in total. The summed E-state index contributed by atoms with van der Waals surface area (Å²) in [7, 11) is 1.36. The normalized spacial score (nSPS) is 23.3. The summed E-state index contributed by atoms with van der Waals surface area (Å²) in [6.07, 6.45) is 1.80. The molecule has 78 valence electrons. The van der Waals surface area contributed by atoms with Gasteiger partial charge >= 0.3 is 5.97 Å². The lowest BCUT2D eigenvalue weighted by Gasteiger charge is -2.05. The summed E-state index contributed by atoms with van der Waals surface area (Å²) in [4.78, 5) is 22.0. The second kappa shape index (κ2) is 3.85. The maximum atomic E-state index is 11.5. The van der Waals surface area contributed by atoms with Crippen molar-refractivity contribution in [1.29, 1.82) is 0 Å². The predicted octanol–water partition coefficient (Wildman–Crippen LogP) is 1.78. The molecule has 0 radical (unpaired) electrons. The van der Waals surface area contributed by atoms with Gasteiger partial charge in [0.2, 0.25) is 0 Å². The molecule has 0 aliphatic heterocycles. The van der Waals surface area contributed by atoms with E-state index >= 15 is 0 Å².